The van der Waals surface area contributed by atoms with Crippen LogP contribution in [0.3, 0.4) is 0 Å². The number of pyridine rings is 1. The van der Waals surface area contributed by atoms with Gasteiger partial charge in [-0.15, -0.1) is 0 Å². The van der Waals surface area contributed by atoms with E-state index < -0.39 is 0 Å². The molecule has 2 aromatic rings. The predicted molar refractivity (Wildman–Crippen MR) is 79.9 cm³/mol. The number of halogens is 1. The fourth-order valence-electron chi connectivity index (χ4n) is 2.68. The van der Waals surface area contributed by atoms with E-state index in [4.69, 9.17) is 17.3 Å². The van der Waals surface area contributed by atoms with Gasteiger partial charge in [0.05, 0.1) is 16.1 Å². The molecule has 0 saturated carbocycles. The number of rotatable bonds is 1. The highest BCUT2D eigenvalue weighted by Gasteiger charge is 2.24. The molecule has 1 aliphatic heterocycles. The van der Waals surface area contributed by atoms with E-state index >= 15 is 0 Å². The molecule has 1 atom stereocenters. The van der Waals surface area contributed by atoms with Crippen LogP contribution in [0, 0.1) is 0 Å². The Morgan fingerprint density at radius 3 is 3.05 bits per heavy atom. The molecule has 20 heavy (non-hydrogen) atoms. The maximum Gasteiger partial charge on any atom is 0.256 e. The Hall–Kier alpha value is -1.65. The normalized spacial score (nSPS) is 19.3. The summed E-state index contributed by atoms with van der Waals surface area (Å²) in [6.07, 6.45) is 3.60. The average Bonchev–Trinajstić information content (AvgIpc) is 2.47. The second kappa shape index (κ2) is 5.38. The highest BCUT2D eigenvalue weighted by Crippen LogP contribution is 2.26. The Labute approximate surface area is 122 Å². The smallest absolute Gasteiger partial charge is 0.256 e. The first-order valence-corrected chi connectivity index (χ1v) is 7.12. The molecule has 1 aliphatic rings. The summed E-state index contributed by atoms with van der Waals surface area (Å²) >= 11 is 6.16. The lowest BCUT2D eigenvalue weighted by Gasteiger charge is -2.31. The molecule has 5 heteroatoms. The molecule has 0 unspecified atom stereocenters. The van der Waals surface area contributed by atoms with Gasteiger partial charge in [-0.05, 0) is 37.1 Å². The molecule has 0 aliphatic carbocycles. The van der Waals surface area contributed by atoms with E-state index in [9.17, 15) is 4.79 Å². The Balaban J connectivity index is 2.01. The molecule has 104 valence electrons. The maximum absolute atomic E-state index is 12.7. The summed E-state index contributed by atoms with van der Waals surface area (Å²) in [4.78, 5) is 18.8. The van der Waals surface area contributed by atoms with Crippen LogP contribution in [-0.2, 0) is 0 Å². The molecule has 0 spiro atoms. The Morgan fingerprint density at radius 2 is 2.25 bits per heavy atom. The lowest BCUT2D eigenvalue weighted by molar-refractivity contribution is 0.0710. The van der Waals surface area contributed by atoms with Crippen molar-refractivity contribution < 1.29 is 4.79 Å². The summed E-state index contributed by atoms with van der Waals surface area (Å²) in [6.45, 7) is 1.36. The standard InChI is InChI=1S/C15H16ClN3O/c16-13-6-5-12(14-11(13)4-1-7-18-14)15(20)19-8-2-3-10(17)9-19/h1,4-7,10H,2-3,8-9,17H2/t10-/m1/s1. The van der Waals surface area contributed by atoms with Crippen molar-refractivity contribution in [3.8, 4) is 0 Å². The molecule has 4 nitrogen and oxygen atoms in total. The van der Waals surface area contributed by atoms with Crippen LogP contribution in [0.25, 0.3) is 10.9 Å². The summed E-state index contributed by atoms with van der Waals surface area (Å²) < 4.78 is 0. The predicted octanol–water partition coefficient (Wildman–Crippen LogP) is 2.45. The number of carbonyl (C=O) groups excluding carboxylic acids is 1. The van der Waals surface area contributed by atoms with E-state index in [1.807, 2.05) is 17.0 Å². The van der Waals surface area contributed by atoms with Crippen molar-refractivity contribution in [2.75, 3.05) is 13.1 Å². The third-order valence-corrected chi connectivity index (χ3v) is 4.02. The van der Waals surface area contributed by atoms with Crippen molar-refractivity contribution in [3.05, 3.63) is 41.0 Å². The minimum atomic E-state index is -0.0134. The lowest BCUT2D eigenvalue weighted by Crippen LogP contribution is -2.45. The van der Waals surface area contributed by atoms with Gasteiger partial charge in [-0.25, -0.2) is 0 Å². The maximum atomic E-state index is 12.7. The van der Waals surface area contributed by atoms with E-state index in [0.29, 0.717) is 22.6 Å². The molecule has 2 heterocycles. The van der Waals surface area contributed by atoms with Gasteiger partial charge in [-0.1, -0.05) is 11.6 Å². The largest absolute Gasteiger partial charge is 0.337 e. The van der Waals surface area contributed by atoms with Crippen LogP contribution in [0.4, 0.5) is 0 Å². The first kappa shape index (κ1) is 13.3. The first-order valence-electron chi connectivity index (χ1n) is 6.75. The molecule has 2 N–H and O–H groups in total. The minimum absolute atomic E-state index is 0.0134. The first-order chi connectivity index (χ1) is 9.66. The van der Waals surface area contributed by atoms with Gasteiger partial charge >= 0.3 is 0 Å². The van der Waals surface area contributed by atoms with E-state index in [1.54, 1.807) is 18.3 Å². The molecule has 1 aromatic heterocycles. The van der Waals surface area contributed by atoms with Crippen molar-refractivity contribution in [1.82, 2.24) is 9.88 Å². The quantitative estimate of drug-likeness (QED) is 0.877. The fourth-order valence-corrected chi connectivity index (χ4v) is 2.89. The van der Waals surface area contributed by atoms with Gasteiger partial charge in [-0.2, -0.15) is 0 Å². The molecule has 3 rings (SSSR count). The number of hydrogen-bond donors (Lipinski definition) is 1. The Kier molecular flexibility index (Phi) is 3.59. The van der Waals surface area contributed by atoms with Gasteiger partial charge in [0.2, 0.25) is 0 Å². The SMILES string of the molecule is N[C@@H]1CCCN(C(=O)c2ccc(Cl)c3cccnc23)C1. The summed E-state index contributed by atoms with van der Waals surface area (Å²) in [7, 11) is 0. The van der Waals surface area contributed by atoms with Gasteiger partial charge in [0, 0.05) is 30.7 Å². The van der Waals surface area contributed by atoms with E-state index in [0.717, 1.165) is 24.8 Å². The van der Waals surface area contributed by atoms with Crippen molar-refractivity contribution in [2.24, 2.45) is 5.73 Å². The number of carbonyl (C=O) groups is 1. The number of fused-ring (bicyclic) bond motifs is 1. The second-order valence-corrected chi connectivity index (χ2v) is 5.56. The molecular weight excluding hydrogens is 274 g/mol. The van der Waals surface area contributed by atoms with Crippen LogP contribution in [-0.4, -0.2) is 34.9 Å². The third-order valence-electron chi connectivity index (χ3n) is 3.69. The van der Waals surface area contributed by atoms with Crippen LogP contribution < -0.4 is 5.73 Å². The fraction of sp³-hybridized carbons (Fsp3) is 0.333. The zero-order valence-electron chi connectivity index (χ0n) is 11.1. The third kappa shape index (κ3) is 2.37. The molecular formula is C15H16ClN3O. The second-order valence-electron chi connectivity index (χ2n) is 5.15. The van der Waals surface area contributed by atoms with Crippen LogP contribution >= 0.6 is 11.6 Å². The van der Waals surface area contributed by atoms with Gasteiger partial charge in [0.15, 0.2) is 0 Å². The van der Waals surface area contributed by atoms with Crippen molar-refractivity contribution in [2.45, 2.75) is 18.9 Å². The monoisotopic (exact) mass is 289 g/mol. The molecule has 1 fully saturated rings. The number of benzene rings is 1. The van der Waals surface area contributed by atoms with Crippen molar-refractivity contribution in [1.29, 1.82) is 0 Å². The number of amides is 1. The number of likely N-dealkylation sites (tertiary alicyclic amines) is 1. The van der Waals surface area contributed by atoms with Gasteiger partial charge in [0.25, 0.3) is 5.91 Å². The van der Waals surface area contributed by atoms with Crippen molar-refractivity contribution >= 4 is 28.4 Å². The van der Waals surface area contributed by atoms with Gasteiger partial charge in [-0.3, -0.25) is 9.78 Å². The summed E-state index contributed by atoms with van der Waals surface area (Å²) in [6, 6.07) is 7.27. The van der Waals surface area contributed by atoms with E-state index in [-0.39, 0.29) is 11.9 Å². The van der Waals surface area contributed by atoms with Crippen LogP contribution in [0.15, 0.2) is 30.5 Å². The van der Waals surface area contributed by atoms with E-state index in [2.05, 4.69) is 4.98 Å². The topological polar surface area (TPSA) is 59.2 Å². The van der Waals surface area contributed by atoms with Crippen LogP contribution in [0.5, 0.6) is 0 Å². The molecule has 1 amide bonds. The minimum Gasteiger partial charge on any atom is -0.337 e. The molecule has 0 bridgehead atoms. The molecule has 1 aromatic carbocycles. The summed E-state index contributed by atoms with van der Waals surface area (Å²) in [5, 5.41) is 1.42. The zero-order chi connectivity index (χ0) is 14.1. The average molecular weight is 290 g/mol. The van der Waals surface area contributed by atoms with E-state index in [1.165, 1.54) is 0 Å². The van der Waals surface area contributed by atoms with Crippen LogP contribution in [0.2, 0.25) is 5.02 Å². The Bertz CT molecular complexity index is 659. The Morgan fingerprint density at radius 1 is 1.40 bits per heavy atom. The van der Waals surface area contributed by atoms with Gasteiger partial charge in [0.1, 0.15) is 0 Å². The van der Waals surface area contributed by atoms with Gasteiger partial charge < -0.3 is 10.6 Å². The number of nitrogens with zero attached hydrogens (tertiary/aromatic N) is 2. The molecule has 1 saturated heterocycles. The summed E-state index contributed by atoms with van der Waals surface area (Å²) in [5.74, 6) is -0.0134. The highest BCUT2D eigenvalue weighted by atomic mass is 35.5. The van der Waals surface area contributed by atoms with Crippen LogP contribution in [0.1, 0.15) is 23.2 Å². The number of aromatic nitrogens is 1. The number of nitrogens with two attached hydrogens (primary N) is 1. The zero-order valence-corrected chi connectivity index (χ0v) is 11.8. The summed E-state index contributed by atoms with van der Waals surface area (Å²) in [5.41, 5.74) is 7.20. The highest BCUT2D eigenvalue weighted by molar-refractivity contribution is 6.36. The lowest BCUT2D eigenvalue weighted by atomic mass is 10.0. The number of piperidine rings is 1. The number of hydrogen-bond acceptors (Lipinski definition) is 3. The van der Waals surface area contributed by atoms with Crippen molar-refractivity contribution in [3.63, 3.8) is 0 Å². The molecule has 0 radical (unpaired) electrons.